The van der Waals surface area contributed by atoms with E-state index in [0.29, 0.717) is 12.5 Å². The smallest absolute Gasteiger partial charge is 0.207 e. The van der Waals surface area contributed by atoms with Gasteiger partial charge in [0.05, 0.1) is 10.0 Å². The van der Waals surface area contributed by atoms with Crippen LogP contribution in [-0.2, 0) is 10.0 Å². The molecule has 1 aromatic carbocycles. The molecule has 0 unspecified atom stereocenters. The highest BCUT2D eigenvalue weighted by molar-refractivity contribution is 7.89. The molecule has 0 spiro atoms. The van der Waals surface area contributed by atoms with Crippen LogP contribution < -0.4 is 0 Å². The van der Waals surface area contributed by atoms with Gasteiger partial charge in [0.2, 0.25) is 10.0 Å². The third-order valence-electron chi connectivity index (χ3n) is 3.83. The lowest BCUT2D eigenvalue weighted by molar-refractivity contribution is 0.300. The Morgan fingerprint density at radius 1 is 1.15 bits per heavy atom. The lowest BCUT2D eigenvalue weighted by atomic mass is 9.89. The zero-order valence-electron chi connectivity index (χ0n) is 11.5. The number of sulfonamides is 1. The van der Waals surface area contributed by atoms with Crippen molar-refractivity contribution in [1.82, 2.24) is 4.31 Å². The van der Waals surface area contributed by atoms with Crippen LogP contribution in [0.15, 0.2) is 23.1 Å². The molecule has 1 aliphatic carbocycles. The molecule has 6 heteroatoms. The SMILES string of the molecule is CN(CC1CCCCC1)S(=O)(=O)c1c(Cl)cccc1Cl. The minimum atomic E-state index is -3.63. The molecule has 0 amide bonds. The summed E-state index contributed by atoms with van der Waals surface area (Å²) in [4.78, 5) is 0.0154. The van der Waals surface area contributed by atoms with Crippen molar-refractivity contribution in [3.05, 3.63) is 28.2 Å². The summed E-state index contributed by atoms with van der Waals surface area (Å²) in [5, 5.41) is 0.348. The van der Waals surface area contributed by atoms with Gasteiger partial charge < -0.3 is 0 Å². The maximum absolute atomic E-state index is 12.6. The minimum Gasteiger partial charge on any atom is -0.207 e. The molecule has 1 fully saturated rings. The van der Waals surface area contributed by atoms with Crippen molar-refractivity contribution in [2.24, 2.45) is 5.92 Å². The fourth-order valence-corrected chi connectivity index (χ4v) is 5.05. The second kappa shape index (κ2) is 6.65. The van der Waals surface area contributed by atoms with E-state index in [1.807, 2.05) is 0 Å². The van der Waals surface area contributed by atoms with Gasteiger partial charge >= 0.3 is 0 Å². The largest absolute Gasteiger partial charge is 0.245 e. The summed E-state index contributed by atoms with van der Waals surface area (Å²) >= 11 is 12.0. The molecule has 0 N–H and O–H groups in total. The molecule has 0 aliphatic heterocycles. The molecule has 1 aliphatic rings. The predicted molar refractivity (Wildman–Crippen MR) is 82.9 cm³/mol. The third-order valence-corrected chi connectivity index (χ3v) is 6.61. The Balaban J connectivity index is 2.21. The van der Waals surface area contributed by atoms with Crippen molar-refractivity contribution in [3.63, 3.8) is 0 Å². The molecule has 1 aromatic rings. The first-order chi connectivity index (χ1) is 9.43. The fourth-order valence-electron chi connectivity index (χ4n) is 2.72. The van der Waals surface area contributed by atoms with Gasteiger partial charge in [-0.2, -0.15) is 0 Å². The first-order valence-corrected chi connectivity index (χ1v) is 9.03. The van der Waals surface area contributed by atoms with E-state index in [4.69, 9.17) is 23.2 Å². The van der Waals surface area contributed by atoms with E-state index in [9.17, 15) is 8.42 Å². The number of hydrogen-bond acceptors (Lipinski definition) is 2. The third kappa shape index (κ3) is 3.48. The van der Waals surface area contributed by atoms with Crippen molar-refractivity contribution in [2.75, 3.05) is 13.6 Å². The number of hydrogen-bond donors (Lipinski definition) is 0. The summed E-state index contributed by atoms with van der Waals surface area (Å²) in [6.45, 7) is 0.532. The summed E-state index contributed by atoms with van der Waals surface area (Å²) < 4.78 is 26.6. The molecule has 2 rings (SSSR count). The van der Waals surface area contributed by atoms with Gasteiger partial charge in [0.1, 0.15) is 4.90 Å². The van der Waals surface area contributed by atoms with Gasteiger partial charge in [-0.25, -0.2) is 12.7 Å². The van der Waals surface area contributed by atoms with Crippen LogP contribution in [0.5, 0.6) is 0 Å². The highest BCUT2D eigenvalue weighted by Gasteiger charge is 2.28. The second-order valence-electron chi connectivity index (χ2n) is 5.34. The maximum atomic E-state index is 12.6. The molecule has 0 saturated heterocycles. The predicted octanol–water partition coefficient (Wildman–Crippen LogP) is 4.19. The van der Waals surface area contributed by atoms with Crippen molar-refractivity contribution in [1.29, 1.82) is 0 Å². The molecular weight excluding hydrogens is 317 g/mol. The Morgan fingerprint density at radius 2 is 1.70 bits per heavy atom. The maximum Gasteiger partial charge on any atom is 0.245 e. The molecule has 1 saturated carbocycles. The number of halogens is 2. The average Bonchev–Trinajstić information content (AvgIpc) is 2.39. The average molecular weight is 336 g/mol. The van der Waals surface area contributed by atoms with E-state index >= 15 is 0 Å². The highest BCUT2D eigenvalue weighted by atomic mass is 35.5. The lowest BCUT2D eigenvalue weighted by Gasteiger charge is -2.27. The Labute approximate surface area is 130 Å². The molecular formula is C14H19Cl2NO2S. The van der Waals surface area contributed by atoms with Gasteiger partial charge in [0.25, 0.3) is 0 Å². The Hall–Kier alpha value is -0.290. The van der Waals surface area contributed by atoms with Crippen LogP contribution in [-0.4, -0.2) is 26.3 Å². The molecule has 0 aromatic heterocycles. The number of nitrogens with zero attached hydrogens (tertiary/aromatic N) is 1. The quantitative estimate of drug-likeness (QED) is 0.827. The summed E-state index contributed by atoms with van der Waals surface area (Å²) in [5.74, 6) is 0.435. The minimum absolute atomic E-state index is 0.0154. The van der Waals surface area contributed by atoms with E-state index < -0.39 is 10.0 Å². The standard InChI is InChI=1S/C14H19Cl2NO2S/c1-17(10-11-6-3-2-4-7-11)20(18,19)14-12(15)8-5-9-13(14)16/h5,8-9,11H,2-4,6-7,10H2,1H3. The molecule has 112 valence electrons. The first kappa shape index (κ1) is 16.1. The zero-order valence-corrected chi connectivity index (χ0v) is 13.8. The van der Waals surface area contributed by atoms with Crippen LogP contribution in [0.3, 0.4) is 0 Å². The number of rotatable bonds is 4. The summed E-state index contributed by atoms with van der Waals surface area (Å²) in [5.41, 5.74) is 0. The molecule has 0 radical (unpaired) electrons. The summed E-state index contributed by atoms with van der Waals surface area (Å²) in [6, 6.07) is 4.74. The Morgan fingerprint density at radius 3 is 2.25 bits per heavy atom. The van der Waals surface area contributed by atoms with Crippen LogP contribution >= 0.6 is 23.2 Å². The second-order valence-corrected chi connectivity index (χ2v) is 8.14. The van der Waals surface area contributed by atoms with Gasteiger partial charge in [0.15, 0.2) is 0 Å². The van der Waals surface area contributed by atoms with Crippen LogP contribution in [0.1, 0.15) is 32.1 Å². The van der Waals surface area contributed by atoms with E-state index in [2.05, 4.69) is 0 Å². The normalized spacial score (nSPS) is 17.6. The molecule has 0 atom stereocenters. The highest BCUT2D eigenvalue weighted by Crippen LogP contribution is 2.32. The van der Waals surface area contributed by atoms with Gasteiger partial charge in [0, 0.05) is 13.6 Å². The van der Waals surface area contributed by atoms with Crippen molar-refractivity contribution in [2.45, 2.75) is 37.0 Å². The van der Waals surface area contributed by atoms with E-state index in [1.165, 1.54) is 23.6 Å². The van der Waals surface area contributed by atoms with Crippen molar-refractivity contribution >= 4 is 33.2 Å². The first-order valence-electron chi connectivity index (χ1n) is 6.83. The van der Waals surface area contributed by atoms with E-state index in [-0.39, 0.29) is 14.9 Å². The topological polar surface area (TPSA) is 37.4 Å². The Bertz CT molecular complexity index is 548. The van der Waals surface area contributed by atoms with E-state index in [0.717, 1.165) is 12.8 Å². The lowest BCUT2D eigenvalue weighted by Crippen LogP contribution is -2.33. The molecule has 0 heterocycles. The van der Waals surface area contributed by atoms with Gasteiger partial charge in [-0.1, -0.05) is 48.5 Å². The van der Waals surface area contributed by atoms with Crippen LogP contribution in [0.4, 0.5) is 0 Å². The van der Waals surface area contributed by atoms with Crippen molar-refractivity contribution in [3.8, 4) is 0 Å². The zero-order chi connectivity index (χ0) is 14.8. The van der Waals surface area contributed by atoms with Crippen LogP contribution in [0.25, 0.3) is 0 Å². The monoisotopic (exact) mass is 335 g/mol. The van der Waals surface area contributed by atoms with Crippen molar-refractivity contribution < 1.29 is 8.42 Å². The molecule has 0 bridgehead atoms. The Kier molecular flexibility index (Phi) is 5.35. The van der Waals surface area contributed by atoms with E-state index in [1.54, 1.807) is 25.2 Å². The van der Waals surface area contributed by atoms with Crippen LogP contribution in [0, 0.1) is 5.92 Å². The molecule has 3 nitrogen and oxygen atoms in total. The van der Waals surface area contributed by atoms with Gasteiger partial charge in [-0.15, -0.1) is 0 Å². The number of benzene rings is 1. The summed E-state index contributed by atoms with van der Waals surface area (Å²) in [6.07, 6.45) is 5.81. The van der Waals surface area contributed by atoms with Gasteiger partial charge in [-0.3, -0.25) is 0 Å². The van der Waals surface area contributed by atoms with Gasteiger partial charge in [-0.05, 0) is 30.9 Å². The summed E-state index contributed by atoms with van der Waals surface area (Å²) in [7, 11) is -2.03. The molecule has 20 heavy (non-hydrogen) atoms. The fraction of sp³-hybridized carbons (Fsp3) is 0.571. The van der Waals surface area contributed by atoms with Crippen LogP contribution in [0.2, 0.25) is 10.0 Å².